The number of nitrogens with zero attached hydrogens (tertiary/aromatic N) is 3. The Balaban J connectivity index is 1.50. The third-order valence-electron chi connectivity index (χ3n) is 5.04. The predicted octanol–water partition coefficient (Wildman–Crippen LogP) is 4.06. The lowest BCUT2D eigenvalue weighted by molar-refractivity contribution is -0.132. The van der Waals surface area contributed by atoms with E-state index in [0.29, 0.717) is 27.1 Å². The molecule has 2 heterocycles. The van der Waals surface area contributed by atoms with Crippen molar-refractivity contribution in [2.24, 2.45) is 0 Å². The number of carbonyl (C=O) groups is 3. The van der Waals surface area contributed by atoms with Crippen molar-refractivity contribution in [2.75, 3.05) is 24.7 Å². The van der Waals surface area contributed by atoms with Gasteiger partial charge in [-0.25, -0.2) is 0 Å². The molecule has 1 aliphatic rings. The monoisotopic (exact) mass is 471 g/mol. The molecule has 0 aliphatic carbocycles. The van der Waals surface area contributed by atoms with Crippen molar-refractivity contribution in [3.63, 3.8) is 0 Å². The van der Waals surface area contributed by atoms with E-state index in [-0.39, 0.29) is 44.0 Å². The summed E-state index contributed by atoms with van der Waals surface area (Å²) in [6.07, 6.45) is 1.50. The van der Waals surface area contributed by atoms with Crippen molar-refractivity contribution in [3.05, 3.63) is 88.3 Å². The van der Waals surface area contributed by atoms with Crippen LogP contribution in [0.4, 0.5) is 5.69 Å². The Morgan fingerprint density at radius 2 is 1.78 bits per heavy atom. The summed E-state index contributed by atoms with van der Waals surface area (Å²) in [7, 11) is 0. The van der Waals surface area contributed by atoms with E-state index in [2.05, 4.69) is 0 Å². The Morgan fingerprint density at radius 1 is 1.00 bits per heavy atom. The molecule has 0 N–H and O–H groups in total. The summed E-state index contributed by atoms with van der Waals surface area (Å²) in [4.78, 5) is 43.0. The molecular weight excluding hydrogens is 453 g/mol. The van der Waals surface area contributed by atoms with Gasteiger partial charge in [-0.3, -0.25) is 19.3 Å². The highest BCUT2D eigenvalue weighted by molar-refractivity contribution is 6.31. The molecule has 3 aromatic rings. The average molecular weight is 472 g/mol. The Morgan fingerprint density at radius 3 is 2.47 bits per heavy atom. The van der Waals surface area contributed by atoms with Crippen LogP contribution in [0.3, 0.4) is 0 Å². The van der Waals surface area contributed by atoms with E-state index in [4.69, 9.17) is 27.6 Å². The smallest absolute Gasteiger partial charge is 0.254 e. The van der Waals surface area contributed by atoms with Crippen LogP contribution in [0.2, 0.25) is 10.0 Å². The van der Waals surface area contributed by atoms with Crippen LogP contribution < -0.4 is 4.90 Å². The molecule has 0 bridgehead atoms. The summed E-state index contributed by atoms with van der Waals surface area (Å²) in [6, 6.07) is 16.8. The summed E-state index contributed by atoms with van der Waals surface area (Å²) in [5.74, 6) is -0.387. The van der Waals surface area contributed by atoms with E-state index >= 15 is 0 Å². The molecule has 0 spiro atoms. The Labute approximate surface area is 194 Å². The van der Waals surface area contributed by atoms with Crippen molar-refractivity contribution in [2.45, 2.75) is 6.54 Å². The van der Waals surface area contributed by atoms with Crippen molar-refractivity contribution in [3.8, 4) is 0 Å². The fourth-order valence-corrected chi connectivity index (χ4v) is 3.74. The van der Waals surface area contributed by atoms with E-state index in [0.717, 1.165) is 0 Å². The van der Waals surface area contributed by atoms with Gasteiger partial charge in [0.25, 0.3) is 5.91 Å². The SMILES string of the molecule is O=C(CN(Cc1ccco1)C(=O)c1cccc(Cl)c1)N1CC(=O)N(c2ccc(Cl)cc2)C1. The third-order valence-corrected chi connectivity index (χ3v) is 5.53. The summed E-state index contributed by atoms with van der Waals surface area (Å²) in [6.45, 7) is -0.0821. The molecule has 0 unspecified atom stereocenters. The van der Waals surface area contributed by atoms with E-state index in [1.54, 1.807) is 60.7 Å². The van der Waals surface area contributed by atoms with Crippen LogP contribution in [0.15, 0.2) is 71.3 Å². The highest BCUT2D eigenvalue weighted by Crippen LogP contribution is 2.22. The van der Waals surface area contributed by atoms with Crippen LogP contribution in [0.25, 0.3) is 0 Å². The van der Waals surface area contributed by atoms with E-state index in [1.165, 1.54) is 21.0 Å². The molecule has 0 saturated carbocycles. The number of hydrogen-bond acceptors (Lipinski definition) is 4. The summed E-state index contributed by atoms with van der Waals surface area (Å²) < 4.78 is 5.36. The Kier molecular flexibility index (Phi) is 6.48. The minimum Gasteiger partial charge on any atom is -0.467 e. The molecule has 2 aromatic carbocycles. The maximum Gasteiger partial charge on any atom is 0.254 e. The number of amides is 3. The summed E-state index contributed by atoms with van der Waals surface area (Å²) >= 11 is 11.9. The molecule has 0 atom stereocenters. The van der Waals surface area contributed by atoms with Crippen molar-refractivity contribution >= 4 is 46.6 Å². The van der Waals surface area contributed by atoms with Crippen LogP contribution in [0.5, 0.6) is 0 Å². The number of benzene rings is 2. The fraction of sp³-hybridized carbons (Fsp3) is 0.174. The normalized spacial score (nSPS) is 13.5. The van der Waals surface area contributed by atoms with Crippen molar-refractivity contribution in [1.29, 1.82) is 0 Å². The quantitative estimate of drug-likeness (QED) is 0.543. The lowest BCUT2D eigenvalue weighted by atomic mass is 10.2. The molecule has 164 valence electrons. The van der Waals surface area contributed by atoms with E-state index in [1.807, 2.05) is 0 Å². The third kappa shape index (κ3) is 4.95. The van der Waals surface area contributed by atoms with Crippen LogP contribution in [0.1, 0.15) is 16.1 Å². The fourth-order valence-electron chi connectivity index (χ4n) is 3.42. The number of hydrogen-bond donors (Lipinski definition) is 0. The maximum atomic E-state index is 13.1. The first-order valence-electron chi connectivity index (χ1n) is 9.81. The lowest BCUT2D eigenvalue weighted by Gasteiger charge is -2.24. The van der Waals surface area contributed by atoms with Crippen LogP contribution in [0, 0.1) is 0 Å². The molecule has 7 nitrogen and oxygen atoms in total. The van der Waals surface area contributed by atoms with Gasteiger partial charge in [0.2, 0.25) is 11.8 Å². The zero-order chi connectivity index (χ0) is 22.7. The van der Waals surface area contributed by atoms with Gasteiger partial charge in [-0.15, -0.1) is 0 Å². The zero-order valence-corrected chi connectivity index (χ0v) is 18.4. The first kappa shape index (κ1) is 21.9. The molecule has 3 amide bonds. The molecule has 1 aliphatic heterocycles. The topological polar surface area (TPSA) is 74.1 Å². The highest BCUT2D eigenvalue weighted by Gasteiger charge is 2.33. The van der Waals surface area contributed by atoms with Gasteiger partial charge in [-0.2, -0.15) is 0 Å². The number of rotatable bonds is 6. The average Bonchev–Trinajstić information content (AvgIpc) is 3.43. The lowest BCUT2D eigenvalue weighted by Crippen LogP contribution is -2.42. The molecular formula is C23H19Cl2N3O4. The summed E-state index contributed by atoms with van der Waals surface area (Å²) in [5, 5.41) is 0.977. The van der Waals surface area contributed by atoms with Gasteiger partial charge in [0.1, 0.15) is 25.5 Å². The van der Waals surface area contributed by atoms with Gasteiger partial charge < -0.3 is 14.2 Å². The van der Waals surface area contributed by atoms with Crippen molar-refractivity contribution in [1.82, 2.24) is 9.80 Å². The second-order valence-corrected chi connectivity index (χ2v) is 8.16. The minimum absolute atomic E-state index is 0.0680. The molecule has 32 heavy (non-hydrogen) atoms. The molecule has 1 fully saturated rings. The highest BCUT2D eigenvalue weighted by atomic mass is 35.5. The number of furan rings is 1. The van der Waals surface area contributed by atoms with Crippen LogP contribution >= 0.6 is 23.2 Å². The minimum atomic E-state index is -0.364. The van der Waals surface area contributed by atoms with Gasteiger partial charge in [0.05, 0.1) is 12.8 Å². The van der Waals surface area contributed by atoms with Crippen molar-refractivity contribution < 1.29 is 18.8 Å². The number of halogens is 2. The number of anilines is 1. The second kappa shape index (κ2) is 9.46. The molecule has 1 aromatic heterocycles. The van der Waals surface area contributed by atoms with Gasteiger partial charge in [-0.1, -0.05) is 29.3 Å². The first-order valence-corrected chi connectivity index (χ1v) is 10.6. The zero-order valence-electron chi connectivity index (χ0n) is 16.9. The van der Waals surface area contributed by atoms with Crippen LogP contribution in [-0.4, -0.2) is 47.3 Å². The van der Waals surface area contributed by atoms with Gasteiger partial charge in [0, 0.05) is 21.3 Å². The summed E-state index contributed by atoms with van der Waals surface area (Å²) in [5.41, 5.74) is 1.01. The predicted molar refractivity (Wildman–Crippen MR) is 120 cm³/mol. The Hall–Kier alpha value is -3.29. The van der Waals surface area contributed by atoms with Gasteiger partial charge in [0.15, 0.2) is 0 Å². The van der Waals surface area contributed by atoms with Gasteiger partial charge in [-0.05, 0) is 54.6 Å². The molecule has 9 heteroatoms. The van der Waals surface area contributed by atoms with E-state index in [9.17, 15) is 14.4 Å². The molecule has 1 saturated heterocycles. The van der Waals surface area contributed by atoms with Crippen LogP contribution in [-0.2, 0) is 16.1 Å². The second-order valence-electron chi connectivity index (χ2n) is 7.28. The first-order chi connectivity index (χ1) is 15.4. The van der Waals surface area contributed by atoms with E-state index < -0.39 is 0 Å². The Bertz CT molecular complexity index is 1130. The van der Waals surface area contributed by atoms with Gasteiger partial charge >= 0.3 is 0 Å². The standard InChI is InChI=1S/C23H19Cl2N3O4/c24-17-6-8-19(9-7-17)28-15-27(14-22(28)30)21(29)13-26(12-20-5-2-10-32-20)23(31)16-3-1-4-18(25)11-16/h1-11H,12-15H2. The number of carbonyl (C=O) groups excluding carboxylic acids is 3. The molecule has 4 rings (SSSR count). The molecule has 0 radical (unpaired) electrons. The largest absolute Gasteiger partial charge is 0.467 e. The maximum absolute atomic E-state index is 13.1.